The normalized spacial score (nSPS) is 12.2. The van der Waals surface area contributed by atoms with Crippen LogP contribution >= 0.6 is 11.8 Å². The smallest absolute Gasteiger partial charge is 0.192 e. The number of carbonyl (C=O) groups is 2. The van der Waals surface area contributed by atoms with Crippen molar-refractivity contribution in [3.05, 3.63) is 52.8 Å². The first-order valence-electron chi connectivity index (χ1n) is 9.24. The molecule has 6 nitrogen and oxygen atoms in total. The molecule has 0 aliphatic heterocycles. The van der Waals surface area contributed by atoms with Gasteiger partial charge >= 0.3 is 0 Å². The van der Waals surface area contributed by atoms with Crippen LogP contribution in [0.15, 0.2) is 35.5 Å². The molecule has 2 aromatic heterocycles. The molecule has 0 bridgehead atoms. The summed E-state index contributed by atoms with van der Waals surface area (Å²) >= 11 is 1.38. The Balaban J connectivity index is 1.87. The van der Waals surface area contributed by atoms with Crippen LogP contribution in [0.5, 0.6) is 0 Å². The van der Waals surface area contributed by atoms with Gasteiger partial charge in [0.15, 0.2) is 22.5 Å². The van der Waals surface area contributed by atoms with Gasteiger partial charge in [-0.1, -0.05) is 42.1 Å². The monoisotopic (exact) mass is 396 g/mol. The standard InChI is InChI=1S/C21H24N4O2S/c1-6-25-20(16-10-8-7-9-11-16)23-24-21(25)28-15(5)19(27)18-12(2)17(14(4)26)13(3)22-18/h7-11,15,22H,6H2,1-5H3/t15-/m0/s1. The van der Waals surface area contributed by atoms with Crippen LogP contribution < -0.4 is 0 Å². The van der Waals surface area contributed by atoms with E-state index >= 15 is 0 Å². The van der Waals surface area contributed by atoms with Gasteiger partial charge in [0.25, 0.3) is 0 Å². The van der Waals surface area contributed by atoms with Gasteiger partial charge in [-0.15, -0.1) is 10.2 Å². The highest BCUT2D eigenvalue weighted by Gasteiger charge is 2.26. The maximum absolute atomic E-state index is 13.0. The zero-order chi connectivity index (χ0) is 20.4. The number of thioether (sulfide) groups is 1. The molecule has 0 aliphatic rings. The van der Waals surface area contributed by atoms with E-state index in [1.165, 1.54) is 18.7 Å². The fourth-order valence-electron chi connectivity index (χ4n) is 3.40. The second-order valence-electron chi connectivity index (χ2n) is 6.72. The minimum Gasteiger partial charge on any atom is -0.355 e. The highest BCUT2D eigenvalue weighted by molar-refractivity contribution is 8.00. The maximum Gasteiger partial charge on any atom is 0.192 e. The maximum atomic E-state index is 13.0. The third-order valence-corrected chi connectivity index (χ3v) is 5.83. The van der Waals surface area contributed by atoms with Crippen LogP contribution in [-0.2, 0) is 6.54 Å². The number of rotatable bonds is 7. The number of Topliss-reactive ketones (excluding diaryl/α,β-unsaturated/α-hetero) is 2. The summed E-state index contributed by atoms with van der Waals surface area (Å²) in [7, 11) is 0. The summed E-state index contributed by atoms with van der Waals surface area (Å²) in [5.74, 6) is 0.699. The molecule has 28 heavy (non-hydrogen) atoms. The van der Waals surface area contributed by atoms with Crippen molar-refractivity contribution >= 4 is 23.3 Å². The molecule has 0 fully saturated rings. The average molecular weight is 397 g/mol. The van der Waals surface area contributed by atoms with Gasteiger partial charge in [-0.2, -0.15) is 0 Å². The predicted molar refractivity (Wildman–Crippen MR) is 111 cm³/mol. The lowest BCUT2D eigenvalue weighted by molar-refractivity contribution is 0.0988. The lowest BCUT2D eigenvalue weighted by atomic mass is 10.0. The fraction of sp³-hybridized carbons (Fsp3) is 0.333. The van der Waals surface area contributed by atoms with E-state index in [0.29, 0.717) is 28.5 Å². The molecule has 0 radical (unpaired) electrons. The summed E-state index contributed by atoms with van der Waals surface area (Å²) in [6.45, 7) is 9.74. The number of H-pyrrole nitrogens is 1. The Morgan fingerprint density at radius 2 is 1.86 bits per heavy atom. The summed E-state index contributed by atoms with van der Waals surface area (Å²) in [6.07, 6.45) is 0. The molecule has 3 aromatic rings. The number of aromatic amines is 1. The Morgan fingerprint density at radius 3 is 2.43 bits per heavy atom. The van der Waals surface area contributed by atoms with Gasteiger partial charge in [-0.05, 0) is 40.2 Å². The highest BCUT2D eigenvalue weighted by Crippen LogP contribution is 2.29. The molecular weight excluding hydrogens is 372 g/mol. The number of aryl methyl sites for hydroxylation is 1. The van der Waals surface area contributed by atoms with Crippen LogP contribution in [-0.4, -0.2) is 36.6 Å². The molecule has 3 rings (SSSR count). The Kier molecular flexibility index (Phi) is 5.84. The Bertz CT molecular complexity index is 1020. The number of carbonyl (C=O) groups excluding carboxylic acids is 2. The molecule has 2 heterocycles. The summed E-state index contributed by atoms with van der Waals surface area (Å²) in [5, 5.41) is 8.98. The Morgan fingerprint density at radius 1 is 1.18 bits per heavy atom. The third kappa shape index (κ3) is 3.67. The summed E-state index contributed by atoms with van der Waals surface area (Å²) in [4.78, 5) is 28.0. The van der Waals surface area contributed by atoms with Crippen molar-refractivity contribution in [3.63, 3.8) is 0 Å². The first-order valence-corrected chi connectivity index (χ1v) is 10.1. The number of ketones is 2. The first-order chi connectivity index (χ1) is 13.3. The number of nitrogens with zero attached hydrogens (tertiary/aromatic N) is 3. The third-order valence-electron chi connectivity index (χ3n) is 4.75. The van der Waals surface area contributed by atoms with E-state index in [0.717, 1.165) is 17.1 Å². The molecule has 0 amide bonds. The van der Waals surface area contributed by atoms with E-state index in [1.54, 1.807) is 0 Å². The van der Waals surface area contributed by atoms with Crippen LogP contribution in [0.4, 0.5) is 0 Å². The number of hydrogen-bond acceptors (Lipinski definition) is 5. The molecule has 146 valence electrons. The van der Waals surface area contributed by atoms with E-state index in [4.69, 9.17) is 0 Å². The minimum atomic E-state index is -0.366. The quantitative estimate of drug-likeness (QED) is 0.470. The van der Waals surface area contributed by atoms with E-state index < -0.39 is 0 Å². The van der Waals surface area contributed by atoms with Gasteiger partial charge in [0, 0.05) is 23.4 Å². The van der Waals surface area contributed by atoms with Crippen molar-refractivity contribution < 1.29 is 9.59 Å². The van der Waals surface area contributed by atoms with Crippen LogP contribution in [0.2, 0.25) is 0 Å². The fourth-order valence-corrected chi connectivity index (χ4v) is 4.37. The second kappa shape index (κ2) is 8.14. The van der Waals surface area contributed by atoms with Gasteiger partial charge in [-0.25, -0.2) is 0 Å². The summed E-state index contributed by atoms with van der Waals surface area (Å²) in [6, 6.07) is 9.88. The van der Waals surface area contributed by atoms with Gasteiger partial charge in [-0.3, -0.25) is 9.59 Å². The van der Waals surface area contributed by atoms with E-state index in [1.807, 2.05) is 62.6 Å². The number of benzene rings is 1. The van der Waals surface area contributed by atoms with Gasteiger partial charge in [0.1, 0.15) is 0 Å². The SMILES string of the molecule is CCn1c(S[C@@H](C)C(=O)c2[nH]c(C)c(C(C)=O)c2C)nnc1-c1ccccc1. The van der Waals surface area contributed by atoms with Crippen molar-refractivity contribution in [1.29, 1.82) is 0 Å². The summed E-state index contributed by atoms with van der Waals surface area (Å²) < 4.78 is 2.01. The molecule has 0 unspecified atom stereocenters. The van der Waals surface area contributed by atoms with E-state index in [2.05, 4.69) is 15.2 Å². The van der Waals surface area contributed by atoms with Crippen LogP contribution in [0.25, 0.3) is 11.4 Å². The lowest BCUT2D eigenvalue weighted by Gasteiger charge is -2.11. The summed E-state index contributed by atoms with van der Waals surface area (Å²) in [5.41, 5.74) is 3.53. The van der Waals surface area contributed by atoms with Crippen molar-refractivity contribution in [2.45, 2.75) is 51.6 Å². The largest absolute Gasteiger partial charge is 0.355 e. The zero-order valence-electron chi connectivity index (χ0n) is 16.7. The molecule has 0 saturated heterocycles. The molecule has 1 N–H and O–H groups in total. The van der Waals surface area contributed by atoms with E-state index in [-0.39, 0.29) is 16.8 Å². The minimum absolute atomic E-state index is 0.0381. The topological polar surface area (TPSA) is 80.6 Å². The highest BCUT2D eigenvalue weighted by atomic mass is 32.2. The van der Waals surface area contributed by atoms with Crippen LogP contribution in [0.1, 0.15) is 52.9 Å². The molecule has 1 atom stereocenters. The lowest BCUT2D eigenvalue weighted by Crippen LogP contribution is -2.16. The average Bonchev–Trinajstić information content (AvgIpc) is 3.21. The Hall–Kier alpha value is -2.67. The number of aromatic nitrogens is 4. The van der Waals surface area contributed by atoms with Crippen molar-refractivity contribution in [2.75, 3.05) is 0 Å². The number of hydrogen-bond donors (Lipinski definition) is 1. The van der Waals surface area contributed by atoms with Crippen molar-refractivity contribution in [3.8, 4) is 11.4 Å². The van der Waals surface area contributed by atoms with Gasteiger partial charge in [0.2, 0.25) is 0 Å². The van der Waals surface area contributed by atoms with Gasteiger partial charge < -0.3 is 9.55 Å². The van der Waals surface area contributed by atoms with Gasteiger partial charge in [0.05, 0.1) is 10.9 Å². The van der Waals surface area contributed by atoms with Crippen molar-refractivity contribution in [2.24, 2.45) is 0 Å². The molecule has 0 spiro atoms. The first kappa shape index (κ1) is 20.1. The Labute approximate surface area is 168 Å². The second-order valence-corrected chi connectivity index (χ2v) is 8.03. The van der Waals surface area contributed by atoms with Crippen LogP contribution in [0.3, 0.4) is 0 Å². The zero-order valence-corrected chi connectivity index (χ0v) is 17.6. The molecule has 0 saturated carbocycles. The predicted octanol–water partition coefficient (Wildman–Crippen LogP) is 4.48. The number of nitrogens with one attached hydrogen (secondary N) is 1. The molecular formula is C21H24N4O2S. The van der Waals surface area contributed by atoms with Crippen molar-refractivity contribution in [1.82, 2.24) is 19.7 Å². The molecule has 1 aromatic carbocycles. The molecule has 7 heteroatoms. The van der Waals surface area contributed by atoms with Crippen LogP contribution in [0, 0.1) is 13.8 Å². The molecule has 0 aliphatic carbocycles. The van der Waals surface area contributed by atoms with E-state index in [9.17, 15) is 9.59 Å².